The van der Waals surface area contributed by atoms with E-state index in [1.807, 2.05) is 27.7 Å². The van der Waals surface area contributed by atoms with Gasteiger partial charge in [0, 0.05) is 12.7 Å². The number of aromatic nitrogens is 2. The Kier molecular flexibility index (Phi) is 12.5. The third-order valence-corrected chi connectivity index (χ3v) is 4.32. The van der Waals surface area contributed by atoms with E-state index in [0.29, 0.717) is 0 Å². The molecule has 0 bridgehead atoms. The molecule has 0 amide bonds. The fourth-order valence-corrected chi connectivity index (χ4v) is 3.27. The Bertz CT molecular complexity index is 409. The zero-order valence-corrected chi connectivity index (χ0v) is 17.5. The lowest BCUT2D eigenvalue weighted by Gasteiger charge is -2.38. The molecule has 22 heavy (non-hydrogen) atoms. The van der Waals surface area contributed by atoms with E-state index in [9.17, 15) is 0 Å². The molecular weight excluding hydrogens is 383 g/mol. The van der Waals surface area contributed by atoms with Crippen molar-refractivity contribution in [3.8, 4) is 0 Å². The lowest BCUT2D eigenvalue weighted by Crippen LogP contribution is -2.47. The highest BCUT2D eigenvalue weighted by molar-refractivity contribution is 9.10. The Morgan fingerprint density at radius 2 is 1.82 bits per heavy atom. The van der Waals surface area contributed by atoms with Gasteiger partial charge in [0.2, 0.25) is 5.28 Å². The maximum Gasteiger partial charge on any atom is 0.224 e. The van der Waals surface area contributed by atoms with Gasteiger partial charge < -0.3 is 5.32 Å². The lowest BCUT2D eigenvalue weighted by atomic mass is 9.81. The molecule has 0 aliphatic heterocycles. The second-order valence-corrected chi connectivity index (χ2v) is 6.28. The summed E-state index contributed by atoms with van der Waals surface area (Å²) in [6.45, 7) is 8.89. The minimum atomic E-state index is 0.0558. The first-order valence-electron chi connectivity index (χ1n) is 8.05. The largest absolute Gasteiger partial charge is 0.362 e. The van der Waals surface area contributed by atoms with Gasteiger partial charge in [-0.05, 0) is 40.4 Å². The summed E-state index contributed by atoms with van der Waals surface area (Å²) in [5, 5.41) is 7.01. The molecule has 1 aromatic rings. The van der Waals surface area contributed by atoms with Gasteiger partial charge in [-0.1, -0.05) is 56.3 Å². The van der Waals surface area contributed by atoms with Crippen LogP contribution in [0.5, 0.6) is 0 Å². The zero-order chi connectivity index (χ0) is 17.0. The quantitative estimate of drug-likeness (QED) is 0.511. The molecule has 7 heteroatoms. The molecule has 0 spiro atoms. The zero-order valence-electron chi connectivity index (χ0n) is 14.0. The molecule has 128 valence electrons. The van der Waals surface area contributed by atoms with Crippen LogP contribution in [0.25, 0.3) is 0 Å². The summed E-state index contributed by atoms with van der Waals surface area (Å²) >= 11 is 9.31. The van der Waals surface area contributed by atoms with Crippen LogP contribution in [0.3, 0.4) is 0 Å². The molecule has 1 saturated carbocycles. The van der Waals surface area contributed by atoms with Crippen LogP contribution < -0.4 is 10.4 Å². The molecule has 0 saturated heterocycles. The molecule has 2 rings (SSSR count). The van der Waals surface area contributed by atoms with Gasteiger partial charge in [-0.25, -0.2) is 4.98 Å². The van der Waals surface area contributed by atoms with Crippen LogP contribution in [-0.4, -0.2) is 22.1 Å². The summed E-state index contributed by atoms with van der Waals surface area (Å²) < 4.78 is 0.848. The fraction of sp³-hybridized carbons (Fsp3) is 0.733. The monoisotopic (exact) mass is 410 g/mol. The van der Waals surface area contributed by atoms with Crippen LogP contribution in [0, 0.1) is 0 Å². The van der Waals surface area contributed by atoms with Gasteiger partial charge in [0.25, 0.3) is 0 Å². The third-order valence-electron chi connectivity index (χ3n) is 3.35. The van der Waals surface area contributed by atoms with Crippen LogP contribution in [0.4, 0.5) is 5.82 Å². The van der Waals surface area contributed by atoms with Gasteiger partial charge >= 0.3 is 0 Å². The van der Waals surface area contributed by atoms with Crippen molar-refractivity contribution in [3.63, 3.8) is 0 Å². The number of rotatable bonds is 4. The molecule has 4 nitrogen and oxygen atoms in total. The highest BCUT2D eigenvalue weighted by Crippen LogP contribution is 2.33. The van der Waals surface area contributed by atoms with Crippen molar-refractivity contribution in [3.05, 3.63) is 16.0 Å². The molecule has 2 N–H and O–H groups in total. The van der Waals surface area contributed by atoms with Crippen LogP contribution >= 0.6 is 36.9 Å². The predicted octanol–water partition coefficient (Wildman–Crippen LogP) is 5.44. The first-order valence-corrected chi connectivity index (χ1v) is 9.80. The van der Waals surface area contributed by atoms with E-state index >= 15 is 0 Å². The molecular formula is C15H29BrClN4P. The summed E-state index contributed by atoms with van der Waals surface area (Å²) in [4.78, 5) is 8.20. The van der Waals surface area contributed by atoms with Gasteiger partial charge in [-0.3, -0.25) is 5.09 Å². The normalized spacial score (nSPS) is 15.8. The maximum atomic E-state index is 5.85. The number of nitrogens with zero attached hydrogens (tertiary/aromatic N) is 2. The average molecular weight is 412 g/mol. The third kappa shape index (κ3) is 7.08. The Morgan fingerprint density at radius 3 is 2.36 bits per heavy atom. The first-order chi connectivity index (χ1) is 10.7. The van der Waals surface area contributed by atoms with Crippen molar-refractivity contribution < 1.29 is 0 Å². The van der Waals surface area contributed by atoms with Crippen molar-refractivity contribution in [2.45, 2.75) is 65.3 Å². The summed E-state index contributed by atoms with van der Waals surface area (Å²) in [7, 11) is 2.57. The summed E-state index contributed by atoms with van der Waals surface area (Å²) in [5.41, 5.74) is 0.0558. The minimum absolute atomic E-state index is 0.0558. The molecule has 1 unspecified atom stereocenters. The number of hydrogen-bond acceptors (Lipinski definition) is 4. The second kappa shape index (κ2) is 12.5. The van der Waals surface area contributed by atoms with E-state index in [2.05, 4.69) is 45.7 Å². The van der Waals surface area contributed by atoms with Gasteiger partial charge in [-0.15, -0.1) is 0 Å². The van der Waals surface area contributed by atoms with E-state index in [1.54, 1.807) is 6.20 Å². The second-order valence-electron chi connectivity index (χ2n) is 4.68. The first kappa shape index (κ1) is 22.0. The van der Waals surface area contributed by atoms with E-state index in [4.69, 9.17) is 11.6 Å². The SMILES string of the molecule is CC.CC.PNCC1(Nc2nc(Cl)ncc2Br)CCCCC1. The smallest absolute Gasteiger partial charge is 0.224 e. The maximum absolute atomic E-state index is 5.85. The Labute approximate surface area is 151 Å². The van der Waals surface area contributed by atoms with Crippen LogP contribution in [-0.2, 0) is 0 Å². The molecule has 1 aromatic heterocycles. The molecule has 1 atom stereocenters. The van der Waals surface area contributed by atoms with Crippen molar-refractivity contribution in [1.82, 2.24) is 15.1 Å². The van der Waals surface area contributed by atoms with E-state index in [1.165, 1.54) is 19.3 Å². The number of anilines is 1. The van der Waals surface area contributed by atoms with Crippen LogP contribution in [0.2, 0.25) is 5.28 Å². The van der Waals surface area contributed by atoms with E-state index < -0.39 is 0 Å². The van der Waals surface area contributed by atoms with Crippen LogP contribution in [0.1, 0.15) is 59.8 Å². The van der Waals surface area contributed by atoms with Gasteiger partial charge in [0.05, 0.1) is 10.0 Å². The van der Waals surface area contributed by atoms with Crippen molar-refractivity contribution in [1.29, 1.82) is 0 Å². The average Bonchev–Trinajstić information content (AvgIpc) is 2.56. The molecule has 1 aliphatic rings. The Balaban J connectivity index is 0.00000102. The highest BCUT2D eigenvalue weighted by Gasteiger charge is 2.32. The number of nitrogens with one attached hydrogen (secondary N) is 2. The fourth-order valence-electron chi connectivity index (χ4n) is 2.45. The van der Waals surface area contributed by atoms with Crippen molar-refractivity contribution >= 4 is 42.7 Å². The van der Waals surface area contributed by atoms with Crippen LogP contribution in [0.15, 0.2) is 10.7 Å². The standard InChI is InChI=1S/C11H17BrClN4P.2C2H6/c12-8-6-14-10(13)16-9(8)17-11(7-15-18)4-2-1-3-5-11;2*1-2/h6,15H,1-5,7,18H2,(H,14,16,17);2*1-2H3. The molecule has 0 radical (unpaired) electrons. The number of hydrogen-bond donors (Lipinski definition) is 2. The Morgan fingerprint density at radius 1 is 1.23 bits per heavy atom. The summed E-state index contributed by atoms with van der Waals surface area (Å²) in [5.74, 6) is 0.775. The topological polar surface area (TPSA) is 49.8 Å². The Hall–Kier alpha value is 0.0400. The van der Waals surface area contributed by atoms with E-state index in [0.717, 1.165) is 29.7 Å². The van der Waals surface area contributed by atoms with Gasteiger partial charge in [-0.2, -0.15) is 4.98 Å². The van der Waals surface area contributed by atoms with E-state index in [-0.39, 0.29) is 10.8 Å². The molecule has 1 aliphatic carbocycles. The molecule has 1 fully saturated rings. The predicted molar refractivity (Wildman–Crippen MR) is 105 cm³/mol. The molecule has 0 aromatic carbocycles. The minimum Gasteiger partial charge on any atom is -0.362 e. The lowest BCUT2D eigenvalue weighted by molar-refractivity contribution is 0.324. The van der Waals surface area contributed by atoms with Crippen molar-refractivity contribution in [2.24, 2.45) is 0 Å². The van der Waals surface area contributed by atoms with Crippen molar-refractivity contribution in [2.75, 3.05) is 11.9 Å². The summed E-state index contributed by atoms with van der Waals surface area (Å²) in [6.07, 6.45) is 7.77. The van der Waals surface area contributed by atoms with Gasteiger partial charge in [0.15, 0.2) is 0 Å². The number of halogens is 2. The summed E-state index contributed by atoms with van der Waals surface area (Å²) in [6, 6.07) is 0. The highest BCUT2D eigenvalue weighted by atomic mass is 79.9. The molecule has 1 heterocycles. The van der Waals surface area contributed by atoms with Gasteiger partial charge in [0.1, 0.15) is 5.82 Å².